The minimum Gasteiger partial charge on any atom is -0.459 e. The quantitative estimate of drug-likeness (QED) is 0.659. The molecule has 82 valence electrons. The molecule has 0 unspecified atom stereocenters. The third-order valence-corrected chi connectivity index (χ3v) is 1.48. The molecule has 1 aliphatic heterocycles. The molecule has 1 saturated heterocycles. The van der Waals surface area contributed by atoms with Crippen LogP contribution in [0.1, 0.15) is 27.2 Å². The summed E-state index contributed by atoms with van der Waals surface area (Å²) in [5.41, 5.74) is 1.26. The first kappa shape index (κ1) is 11.3. The lowest BCUT2D eigenvalue weighted by Gasteiger charge is -2.21. The van der Waals surface area contributed by atoms with Crippen LogP contribution in [0.2, 0.25) is 0 Å². The van der Waals surface area contributed by atoms with E-state index in [1.54, 1.807) is 20.8 Å². The molecule has 0 aromatic heterocycles. The molecule has 4 nitrogen and oxygen atoms in total. The standard InChI is InChI=1S/C8H13F2NO3/c1-7(2,3)13-6(12)5-4-8(9,10)14-11-5/h5,11H,4H2,1-3H3/t5-/m0/s1. The fourth-order valence-electron chi connectivity index (χ4n) is 0.983. The summed E-state index contributed by atoms with van der Waals surface area (Å²) < 4.78 is 29.9. The molecule has 1 atom stereocenters. The van der Waals surface area contributed by atoms with Crippen molar-refractivity contribution in [2.24, 2.45) is 0 Å². The SMILES string of the molecule is CC(C)(C)OC(=O)[C@@H]1CC(F)(F)ON1. The van der Waals surface area contributed by atoms with E-state index in [2.05, 4.69) is 4.84 Å². The van der Waals surface area contributed by atoms with Gasteiger partial charge in [-0.05, 0) is 20.8 Å². The van der Waals surface area contributed by atoms with E-state index in [4.69, 9.17) is 4.74 Å². The zero-order valence-corrected chi connectivity index (χ0v) is 8.27. The van der Waals surface area contributed by atoms with Crippen LogP contribution in [-0.4, -0.2) is 23.7 Å². The van der Waals surface area contributed by atoms with E-state index in [1.807, 2.05) is 5.48 Å². The van der Waals surface area contributed by atoms with Gasteiger partial charge in [-0.15, -0.1) is 0 Å². The van der Waals surface area contributed by atoms with E-state index in [0.717, 1.165) is 0 Å². The highest BCUT2D eigenvalue weighted by molar-refractivity contribution is 5.76. The average Bonchev–Trinajstić information content (AvgIpc) is 2.26. The molecule has 0 aliphatic carbocycles. The maximum absolute atomic E-state index is 12.5. The first-order valence-corrected chi connectivity index (χ1v) is 4.24. The summed E-state index contributed by atoms with van der Waals surface area (Å²) in [5.74, 6) is -0.727. The van der Waals surface area contributed by atoms with E-state index in [-0.39, 0.29) is 0 Å². The topological polar surface area (TPSA) is 47.6 Å². The van der Waals surface area contributed by atoms with Crippen molar-refractivity contribution in [3.8, 4) is 0 Å². The van der Waals surface area contributed by atoms with Gasteiger partial charge in [-0.2, -0.15) is 14.3 Å². The molecule has 0 amide bonds. The Labute approximate surface area is 80.5 Å². The summed E-state index contributed by atoms with van der Waals surface area (Å²) >= 11 is 0. The van der Waals surface area contributed by atoms with Crippen LogP contribution in [0.5, 0.6) is 0 Å². The molecule has 0 bridgehead atoms. The van der Waals surface area contributed by atoms with E-state index in [0.29, 0.717) is 0 Å². The molecule has 0 saturated carbocycles. The molecule has 1 rings (SSSR count). The summed E-state index contributed by atoms with van der Waals surface area (Å²) in [6.45, 7) is 5.00. The van der Waals surface area contributed by atoms with Crippen LogP contribution in [0.4, 0.5) is 8.78 Å². The number of hydroxylamine groups is 1. The molecule has 0 aromatic carbocycles. The predicted octanol–water partition coefficient (Wildman–Crippen LogP) is 1.21. The first-order valence-electron chi connectivity index (χ1n) is 4.24. The second kappa shape index (κ2) is 3.43. The fraction of sp³-hybridized carbons (Fsp3) is 0.875. The second-order valence-corrected chi connectivity index (χ2v) is 4.15. The zero-order valence-electron chi connectivity index (χ0n) is 8.27. The monoisotopic (exact) mass is 209 g/mol. The number of ether oxygens (including phenoxy) is 1. The van der Waals surface area contributed by atoms with Crippen molar-refractivity contribution < 1.29 is 23.1 Å². The molecule has 0 spiro atoms. The third-order valence-electron chi connectivity index (χ3n) is 1.48. The van der Waals surface area contributed by atoms with Crippen molar-refractivity contribution in [1.29, 1.82) is 0 Å². The van der Waals surface area contributed by atoms with Crippen molar-refractivity contribution in [1.82, 2.24) is 5.48 Å². The maximum atomic E-state index is 12.5. The van der Waals surface area contributed by atoms with Crippen LogP contribution in [0.3, 0.4) is 0 Å². The van der Waals surface area contributed by atoms with Gasteiger partial charge in [0.05, 0.1) is 6.42 Å². The van der Waals surface area contributed by atoms with Gasteiger partial charge in [-0.3, -0.25) is 4.79 Å². The highest BCUT2D eigenvalue weighted by Crippen LogP contribution is 2.27. The molecule has 1 heterocycles. The number of carbonyl (C=O) groups excluding carboxylic acids is 1. The minimum absolute atomic E-state index is 0.684. The summed E-state index contributed by atoms with van der Waals surface area (Å²) in [4.78, 5) is 15.2. The zero-order chi connectivity index (χ0) is 11.0. The van der Waals surface area contributed by atoms with Gasteiger partial charge < -0.3 is 4.74 Å². The second-order valence-electron chi connectivity index (χ2n) is 4.15. The van der Waals surface area contributed by atoms with Crippen molar-refractivity contribution in [3.05, 3.63) is 0 Å². The van der Waals surface area contributed by atoms with Crippen LogP contribution < -0.4 is 5.48 Å². The van der Waals surface area contributed by atoms with Crippen LogP contribution >= 0.6 is 0 Å². The molecule has 0 aromatic rings. The van der Waals surface area contributed by atoms with Gasteiger partial charge in [-0.1, -0.05) is 0 Å². The summed E-state index contributed by atoms with van der Waals surface area (Å²) in [6, 6.07) is -1.09. The normalized spacial score (nSPS) is 26.2. The average molecular weight is 209 g/mol. The van der Waals surface area contributed by atoms with Gasteiger partial charge in [0.15, 0.2) is 0 Å². The van der Waals surface area contributed by atoms with E-state index < -0.39 is 30.1 Å². The number of rotatable bonds is 1. The Kier molecular flexibility index (Phi) is 2.78. The Morgan fingerprint density at radius 1 is 1.57 bits per heavy atom. The molecule has 1 aliphatic rings. The third kappa shape index (κ3) is 3.19. The lowest BCUT2D eigenvalue weighted by molar-refractivity contribution is -0.233. The molecular weight excluding hydrogens is 196 g/mol. The van der Waals surface area contributed by atoms with Gasteiger partial charge >= 0.3 is 12.1 Å². The van der Waals surface area contributed by atoms with Crippen molar-refractivity contribution in [3.63, 3.8) is 0 Å². The van der Waals surface area contributed by atoms with Crippen LogP contribution in [0.15, 0.2) is 0 Å². The summed E-state index contributed by atoms with van der Waals surface area (Å²) in [5, 5.41) is 0. The predicted molar refractivity (Wildman–Crippen MR) is 43.4 cm³/mol. The van der Waals surface area contributed by atoms with E-state index in [1.165, 1.54) is 0 Å². The first-order chi connectivity index (χ1) is 6.20. The number of nitrogens with one attached hydrogen (secondary N) is 1. The number of esters is 1. The lowest BCUT2D eigenvalue weighted by Crippen LogP contribution is -2.36. The fourth-order valence-corrected chi connectivity index (χ4v) is 0.983. The maximum Gasteiger partial charge on any atom is 0.372 e. The Balaban J connectivity index is 2.48. The van der Waals surface area contributed by atoms with Crippen molar-refractivity contribution in [2.75, 3.05) is 0 Å². The minimum atomic E-state index is -3.29. The van der Waals surface area contributed by atoms with Crippen LogP contribution in [0, 0.1) is 0 Å². The Morgan fingerprint density at radius 2 is 2.14 bits per heavy atom. The Hall–Kier alpha value is -0.750. The largest absolute Gasteiger partial charge is 0.459 e. The number of hydrogen-bond acceptors (Lipinski definition) is 4. The smallest absolute Gasteiger partial charge is 0.372 e. The van der Waals surface area contributed by atoms with E-state index in [9.17, 15) is 13.6 Å². The molecule has 1 fully saturated rings. The highest BCUT2D eigenvalue weighted by Gasteiger charge is 2.45. The molecule has 1 N–H and O–H groups in total. The van der Waals surface area contributed by atoms with Gasteiger partial charge in [-0.25, -0.2) is 4.84 Å². The Bertz CT molecular complexity index is 237. The molecule has 6 heteroatoms. The number of hydrogen-bond donors (Lipinski definition) is 1. The number of alkyl halides is 2. The Morgan fingerprint density at radius 3 is 2.50 bits per heavy atom. The van der Waals surface area contributed by atoms with Gasteiger partial charge in [0, 0.05) is 0 Å². The summed E-state index contributed by atoms with van der Waals surface area (Å²) in [6.07, 6.45) is -3.98. The van der Waals surface area contributed by atoms with E-state index >= 15 is 0 Å². The van der Waals surface area contributed by atoms with Gasteiger partial charge in [0.2, 0.25) is 0 Å². The lowest BCUT2D eigenvalue weighted by atomic mass is 10.1. The highest BCUT2D eigenvalue weighted by atomic mass is 19.3. The van der Waals surface area contributed by atoms with Crippen molar-refractivity contribution in [2.45, 2.75) is 44.9 Å². The molecule has 14 heavy (non-hydrogen) atoms. The molecule has 0 radical (unpaired) electrons. The van der Waals surface area contributed by atoms with Gasteiger partial charge in [0.25, 0.3) is 0 Å². The van der Waals surface area contributed by atoms with Crippen LogP contribution in [-0.2, 0) is 14.4 Å². The van der Waals surface area contributed by atoms with Crippen molar-refractivity contribution >= 4 is 5.97 Å². The van der Waals surface area contributed by atoms with Gasteiger partial charge in [0.1, 0.15) is 11.6 Å². The van der Waals surface area contributed by atoms with Crippen LogP contribution in [0.25, 0.3) is 0 Å². The molecular formula is C8H13F2NO3. The number of carbonyl (C=O) groups is 1. The summed E-state index contributed by atoms with van der Waals surface area (Å²) in [7, 11) is 0. The number of halogens is 2.